The van der Waals surface area contributed by atoms with Crippen LogP contribution in [0.3, 0.4) is 0 Å². The van der Waals surface area contributed by atoms with Gasteiger partial charge in [-0.1, -0.05) is 19.3 Å². The second-order valence-corrected chi connectivity index (χ2v) is 8.63. The van der Waals surface area contributed by atoms with Crippen molar-refractivity contribution in [1.82, 2.24) is 9.99 Å². The van der Waals surface area contributed by atoms with Crippen LogP contribution in [0.2, 0.25) is 0 Å². The van der Waals surface area contributed by atoms with E-state index in [1.54, 1.807) is 31.4 Å². The molecule has 0 spiro atoms. The molecule has 0 saturated heterocycles. The number of rotatable bonds is 6. The first kappa shape index (κ1) is 23.9. The van der Waals surface area contributed by atoms with E-state index in [0.717, 1.165) is 43.0 Å². The minimum absolute atomic E-state index is 0.115. The minimum atomic E-state index is -0.555. The van der Waals surface area contributed by atoms with Crippen molar-refractivity contribution in [2.75, 3.05) is 19.5 Å². The topological polar surface area (TPSA) is 135 Å². The van der Waals surface area contributed by atoms with Crippen LogP contribution in [0.1, 0.15) is 53.9 Å². The van der Waals surface area contributed by atoms with Gasteiger partial charge in [0.05, 0.1) is 12.7 Å². The van der Waals surface area contributed by atoms with E-state index >= 15 is 0 Å². The van der Waals surface area contributed by atoms with Gasteiger partial charge in [-0.25, -0.2) is 20.1 Å². The Hall–Kier alpha value is -2.73. The molecule has 2 aromatic rings. The molecule has 32 heavy (non-hydrogen) atoms. The van der Waals surface area contributed by atoms with Gasteiger partial charge in [0.1, 0.15) is 0 Å². The highest BCUT2D eigenvalue weighted by Gasteiger charge is 2.21. The standard InChI is InChI=1S/C21H28FN7O2S/c1-29(24)21(27-23)32-18-9-8-15(28-31-2)11-16(18)20(30)26-19-17(22)10-14(12-25-19)13-6-4-3-5-7-13/h8-13,28H,3-7,23-24H2,1-2H3,(H,25,26,30)/p+1/b27-21+. The highest BCUT2D eigenvalue weighted by atomic mass is 32.2. The van der Waals surface area contributed by atoms with E-state index in [9.17, 15) is 9.18 Å². The van der Waals surface area contributed by atoms with E-state index in [1.165, 1.54) is 30.1 Å². The quantitative estimate of drug-likeness (QED) is 0.129. The van der Waals surface area contributed by atoms with Gasteiger partial charge in [0.15, 0.2) is 17.3 Å². The number of benzene rings is 1. The molecule has 0 unspecified atom stereocenters. The molecule has 1 amide bonds. The summed E-state index contributed by atoms with van der Waals surface area (Å²) in [5, 5.41) is 7.75. The number of thioether (sulfide) groups is 1. The third kappa shape index (κ3) is 5.94. The molecule has 7 N–H and O–H groups in total. The molecular weight excluding hydrogens is 433 g/mol. The number of hydrogen-bond acceptors (Lipinski definition) is 7. The van der Waals surface area contributed by atoms with Gasteiger partial charge >= 0.3 is 0 Å². The number of nitrogens with one attached hydrogen (secondary N) is 1. The zero-order chi connectivity index (χ0) is 23.1. The number of quaternary nitrogens is 1. The van der Waals surface area contributed by atoms with Crippen molar-refractivity contribution in [2.45, 2.75) is 42.9 Å². The molecule has 0 aliphatic heterocycles. The molecule has 1 aromatic carbocycles. The van der Waals surface area contributed by atoms with Gasteiger partial charge in [0.2, 0.25) is 5.17 Å². The molecule has 1 heterocycles. The molecule has 1 aromatic heterocycles. The van der Waals surface area contributed by atoms with Gasteiger partial charge < -0.3 is 11.2 Å². The average Bonchev–Trinajstić information content (AvgIpc) is 2.80. The zero-order valence-corrected chi connectivity index (χ0v) is 19.0. The van der Waals surface area contributed by atoms with Crippen LogP contribution < -0.4 is 22.5 Å². The third-order valence-electron chi connectivity index (χ3n) is 5.29. The lowest BCUT2D eigenvalue weighted by molar-refractivity contribution is -0.830. The van der Waals surface area contributed by atoms with Gasteiger partial charge in [0.25, 0.3) is 5.91 Å². The molecule has 1 fully saturated rings. The molecule has 9 nitrogen and oxygen atoms in total. The van der Waals surface area contributed by atoms with Crippen LogP contribution in [-0.4, -0.2) is 35.2 Å². The van der Waals surface area contributed by atoms with Crippen LogP contribution in [0.4, 0.5) is 15.9 Å². The molecule has 0 bridgehead atoms. The van der Waals surface area contributed by atoms with Crippen molar-refractivity contribution >= 4 is 34.3 Å². The molecule has 1 saturated carbocycles. The number of carbonyl (C=O) groups excluding carboxylic acids is 1. The van der Waals surface area contributed by atoms with Crippen LogP contribution in [0.25, 0.3) is 0 Å². The van der Waals surface area contributed by atoms with Crippen molar-refractivity contribution in [2.24, 2.45) is 16.8 Å². The van der Waals surface area contributed by atoms with Crippen molar-refractivity contribution in [3.8, 4) is 0 Å². The third-order valence-corrected chi connectivity index (χ3v) is 6.44. The molecule has 0 atom stereocenters. The number of nitrogens with zero attached hydrogens (tertiary/aromatic N) is 3. The normalized spacial score (nSPS) is 14.9. The Morgan fingerprint density at radius 3 is 2.72 bits per heavy atom. The summed E-state index contributed by atoms with van der Waals surface area (Å²) in [5.41, 5.74) is 3.32. The fourth-order valence-electron chi connectivity index (χ4n) is 3.69. The number of carbonyl (C=O) groups is 1. The number of amides is 1. The smallest absolute Gasteiger partial charge is 0.258 e. The van der Waals surface area contributed by atoms with Gasteiger partial charge in [-0.2, -0.15) is 10.6 Å². The second-order valence-electron chi connectivity index (χ2n) is 7.62. The fourth-order valence-corrected chi connectivity index (χ4v) is 4.48. The lowest BCUT2D eigenvalue weighted by Gasteiger charge is -2.22. The highest BCUT2D eigenvalue weighted by Crippen LogP contribution is 2.33. The first-order valence-electron chi connectivity index (χ1n) is 10.3. The summed E-state index contributed by atoms with van der Waals surface area (Å²) >= 11 is 1.11. The van der Waals surface area contributed by atoms with E-state index in [-0.39, 0.29) is 11.4 Å². The maximum absolute atomic E-state index is 14.8. The van der Waals surface area contributed by atoms with Crippen LogP contribution in [-0.2, 0) is 4.84 Å². The zero-order valence-electron chi connectivity index (χ0n) is 18.2. The van der Waals surface area contributed by atoms with E-state index in [2.05, 4.69) is 15.4 Å². The number of hydrazone groups is 1. The van der Waals surface area contributed by atoms with Crippen LogP contribution in [0, 0.1) is 5.82 Å². The maximum atomic E-state index is 14.8. The van der Waals surface area contributed by atoms with Crippen LogP contribution in [0.15, 0.2) is 40.5 Å². The van der Waals surface area contributed by atoms with Gasteiger partial charge in [0, 0.05) is 30.3 Å². The van der Waals surface area contributed by atoms with Crippen molar-refractivity contribution in [1.29, 1.82) is 0 Å². The summed E-state index contributed by atoms with van der Waals surface area (Å²) < 4.78 is 14.8. The predicted octanol–water partition coefficient (Wildman–Crippen LogP) is 2.40. The number of halogens is 1. The largest absolute Gasteiger partial charge is 0.321 e. The summed E-state index contributed by atoms with van der Waals surface area (Å²) in [5.74, 6) is 10.3. The Kier molecular flexibility index (Phi) is 8.39. The number of hydrazine groups is 1. The molecule has 1 aliphatic carbocycles. The fraction of sp³-hybridized carbons (Fsp3) is 0.381. The van der Waals surface area contributed by atoms with E-state index < -0.39 is 11.7 Å². The molecular formula is C21H29FN7O2S+. The number of nitrogens with two attached hydrogens (primary N) is 3. The Bertz CT molecular complexity index is 981. The van der Waals surface area contributed by atoms with E-state index in [0.29, 0.717) is 21.7 Å². The van der Waals surface area contributed by atoms with Crippen LogP contribution >= 0.6 is 11.8 Å². The lowest BCUT2D eigenvalue weighted by atomic mass is 9.85. The summed E-state index contributed by atoms with van der Waals surface area (Å²) in [4.78, 5) is 22.8. The summed E-state index contributed by atoms with van der Waals surface area (Å²) in [6.45, 7) is 0. The Balaban J connectivity index is 1.84. The van der Waals surface area contributed by atoms with Crippen molar-refractivity contribution < 1.29 is 19.5 Å². The minimum Gasteiger partial charge on any atom is -0.321 e. The molecule has 0 radical (unpaired) electrons. The summed E-state index contributed by atoms with van der Waals surface area (Å²) in [7, 11) is 3.09. The summed E-state index contributed by atoms with van der Waals surface area (Å²) in [6, 6.07) is 6.59. The van der Waals surface area contributed by atoms with Crippen LogP contribution in [0.5, 0.6) is 0 Å². The van der Waals surface area contributed by atoms with Gasteiger partial charge in [-0.05, 0) is 48.2 Å². The van der Waals surface area contributed by atoms with Gasteiger partial charge in [-0.15, -0.1) is 0 Å². The van der Waals surface area contributed by atoms with E-state index in [4.69, 9.17) is 16.5 Å². The molecule has 1 aliphatic rings. The average molecular weight is 463 g/mol. The SMILES string of the molecule is CO[NH2+]c1ccc(S/C(=N/N)N(C)N)c(C(=O)Nc2ncc(C3CCCCC3)cc2F)c1. The molecule has 3 rings (SSSR count). The number of pyridine rings is 1. The molecule has 172 valence electrons. The Morgan fingerprint density at radius 1 is 1.34 bits per heavy atom. The number of amidine groups is 1. The monoisotopic (exact) mass is 462 g/mol. The predicted molar refractivity (Wildman–Crippen MR) is 122 cm³/mol. The van der Waals surface area contributed by atoms with Crippen molar-refractivity contribution in [3.63, 3.8) is 0 Å². The highest BCUT2D eigenvalue weighted by molar-refractivity contribution is 8.13. The Labute approximate surface area is 190 Å². The maximum Gasteiger partial charge on any atom is 0.258 e. The van der Waals surface area contributed by atoms with Crippen molar-refractivity contribution in [3.05, 3.63) is 47.4 Å². The number of anilines is 1. The first-order chi connectivity index (χ1) is 15.4. The first-order valence-corrected chi connectivity index (χ1v) is 11.2. The Morgan fingerprint density at radius 2 is 2.09 bits per heavy atom. The number of hydrogen-bond donors (Lipinski definition) is 4. The summed E-state index contributed by atoms with van der Waals surface area (Å²) in [6.07, 6.45) is 7.24. The van der Waals surface area contributed by atoms with E-state index in [1.807, 2.05) is 0 Å². The van der Waals surface area contributed by atoms with Gasteiger partial charge in [-0.3, -0.25) is 9.80 Å². The second kappa shape index (κ2) is 11.2. The molecule has 11 heteroatoms. The number of aromatic nitrogens is 1. The lowest BCUT2D eigenvalue weighted by Crippen LogP contribution is -2.75.